The van der Waals surface area contributed by atoms with E-state index in [1.165, 1.54) is 5.56 Å². The van der Waals surface area contributed by atoms with Gasteiger partial charge in [-0.3, -0.25) is 0 Å². The zero-order chi connectivity index (χ0) is 13.5. The van der Waals surface area contributed by atoms with Crippen LogP contribution < -0.4 is 5.32 Å². The van der Waals surface area contributed by atoms with Gasteiger partial charge < -0.3 is 15.3 Å². The number of benzene rings is 1. The van der Waals surface area contributed by atoms with Crippen LogP contribution in [0, 0.1) is 0 Å². The SMILES string of the molecule is O=C(NCCCc1ccccc1)N1CCCC(O)C1. The molecule has 104 valence electrons. The molecule has 4 nitrogen and oxygen atoms in total. The van der Waals surface area contributed by atoms with E-state index < -0.39 is 0 Å². The Morgan fingerprint density at radius 3 is 2.89 bits per heavy atom. The number of aryl methyl sites for hydroxylation is 1. The number of piperidine rings is 1. The summed E-state index contributed by atoms with van der Waals surface area (Å²) in [5, 5.41) is 12.4. The summed E-state index contributed by atoms with van der Waals surface area (Å²) in [6, 6.07) is 10.2. The fourth-order valence-electron chi connectivity index (χ4n) is 2.38. The lowest BCUT2D eigenvalue weighted by Gasteiger charge is -2.30. The van der Waals surface area contributed by atoms with Gasteiger partial charge in [0.2, 0.25) is 0 Å². The van der Waals surface area contributed by atoms with Gasteiger partial charge in [0.15, 0.2) is 0 Å². The lowest BCUT2D eigenvalue weighted by molar-refractivity contribution is 0.0843. The maximum atomic E-state index is 11.9. The van der Waals surface area contributed by atoms with Gasteiger partial charge in [-0.05, 0) is 31.2 Å². The Balaban J connectivity index is 1.64. The molecule has 19 heavy (non-hydrogen) atoms. The van der Waals surface area contributed by atoms with Crippen LogP contribution in [0.5, 0.6) is 0 Å². The van der Waals surface area contributed by atoms with Gasteiger partial charge in [0.1, 0.15) is 0 Å². The summed E-state index contributed by atoms with van der Waals surface area (Å²) in [7, 11) is 0. The van der Waals surface area contributed by atoms with Crippen LogP contribution in [-0.2, 0) is 6.42 Å². The first kappa shape index (κ1) is 13.9. The van der Waals surface area contributed by atoms with E-state index >= 15 is 0 Å². The highest BCUT2D eigenvalue weighted by Gasteiger charge is 2.21. The van der Waals surface area contributed by atoms with Crippen molar-refractivity contribution in [3.63, 3.8) is 0 Å². The molecule has 1 aliphatic rings. The average Bonchev–Trinajstić information content (AvgIpc) is 2.44. The Kier molecular flexibility index (Phi) is 5.21. The molecule has 0 bridgehead atoms. The van der Waals surface area contributed by atoms with E-state index in [0.717, 1.165) is 32.2 Å². The van der Waals surface area contributed by atoms with Gasteiger partial charge in [-0.25, -0.2) is 4.79 Å². The third-order valence-corrected chi connectivity index (χ3v) is 3.45. The van der Waals surface area contributed by atoms with Crippen molar-refractivity contribution in [3.8, 4) is 0 Å². The molecular weight excluding hydrogens is 240 g/mol. The average molecular weight is 262 g/mol. The molecule has 1 fully saturated rings. The van der Waals surface area contributed by atoms with E-state index in [2.05, 4.69) is 17.4 Å². The van der Waals surface area contributed by atoms with Gasteiger partial charge in [-0.15, -0.1) is 0 Å². The highest BCUT2D eigenvalue weighted by Crippen LogP contribution is 2.09. The molecule has 2 N–H and O–H groups in total. The van der Waals surface area contributed by atoms with Crippen molar-refractivity contribution < 1.29 is 9.90 Å². The minimum absolute atomic E-state index is 0.0492. The van der Waals surface area contributed by atoms with Crippen molar-refractivity contribution in [2.45, 2.75) is 31.8 Å². The number of nitrogens with zero attached hydrogens (tertiary/aromatic N) is 1. The van der Waals surface area contributed by atoms with Gasteiger partial charge in [-0.1, -0.05) is 30.3 Å². The molecule has 0 saturated carbocycles. The molecule has 1 aromatic rings. The van der Waals surface area contributed by atoms with Gasteiger partial charge >= 0.3 is 6.03 Å². The van der Waals surface area contributed by atoms with Crippen LogP contribution in [0.1, 0.15) is 24.8 Å². The largest absolute Gasteiger partial charge is 0.391 e. The van der Waals surface area contributed by atoms with E-state index in [0.29, 0.717) is 13.1 Å². The number of carbonyl (C=O) groups excluding carboxylic acids is 1. The first-order valence-corrected chi connectivity index (χ1v) is 7.00. The Morgan fingerprint density at radius 2 is 2.16 bits per heavy atom. The summed E-state index contributed by atoms with van der Waals surface area (Å²) in [5.74, 6) is 0. The van der Waals surface area contributed by atoms with E-state index in [1.807, 2.05) is 18.2 Å². The van der Waals surface area contributed by atoms with E-state index in [1.54, 1.807) is 4.90 Å². The van der Waals surface area contributed by atoms with Crippen molar-refractivity contribution in [2.24, 2.45) is 0 Å². The number of hydrogen-bond acceptors (Lipinski definition) is 2. The predicted octanol–water partition coefficient (Wildman–Crippen LogP) is 1.79. The second-order valence-electron chi connectivity index (χ2n) is 5.06. The second kappa shape index (κ2) is 7.14. The van der Waals surface area contributed by atoms with Gasteiger partial charge in [0.25, 0.3) is 0 Å². The molecule has 1 saturated heterocycles. The lowest BCUT2D eigenvalue weighted by Crippen LogP contribution is -2.47. The molecule has 1 aromatic carbocycles. The maximum Gasteiger partial charge on any atom is 0.317 e. The summed E-state index contributed by atoms with van der Waals surface area (Å²) in [6.45, 7) is 1.90. The number of aliphatic hydroxyl groups excluding tert-OH is 1. The number of urea groups is 1. The molecule has 0 radical (unpaired) electrons. The van der Waals surface area contributed by atoms with Crippen LogP contribution in [0.2, 0.25) is 0 Å². The Morgan fingerprint density at radius 1 is 1.37 bits per heavy atom. The molecule has 0 aromatic heterocycles. The van der Waals surface area contributed by atoms with Gasteiger partial charge in [-0.2, -0.15) is 0 Å². The van der Waals surface area contributed by atoms with E-state index in [-0.39, 0.29) is 12.1 Å². The zero-order valence-corrected chi connectivity index (χ0v) is 11.2. The van der Waals surface area contributed by atoms with Crippen LogP contribution in [-0.4, -0.2) is 41.8 Å². The van der Waals surface area contributed by atoms with Crippen LogP contribution in [0.15, 0.2) is 30.3 Å². The zero-order valence-electron chi connectivity index (χ0n) is 11.2. The molecule has 1 atom stereocenters. The Labute approximate surface area is 114 Å². The highest BCUT2D eigenvalue weighted by atomic mass is 16.3. The topological polar surface area (TPSA) is 52.6 Å². The molecule has 1 heterocycles. The maximum absolute atomic E-state index is 11.9. The number of rotatable bonds is 4. The minimum Gasteiger partial charge on any atom is -0.391 e. The first-order valence-electron chi connectivity index (χ1n) is 7.00. The third-order valence-electron chi connectivity index (χ3n) is 3.45. The summed E-state index contributed by atoms with van der Waals surface area (Å²) in [5.41, 5.74) is 1.30. The number of carbonyl (C=O) groups is 1. The minimum atomic E-state index is -0.358. The summed E-state index contributed by atoms with van der Waals surface area (Å²) in [6.07, 6.45) is 3.25. The summed E-state index contributed by atoms with van der Waals surface area (Å²) in [4.78, 5) is 13.6. The standard InChI is InChI=1S/C15H22N2O2/c18-14-9-5-11-17(12-14)15(19)16-10-4-8-13-6-2-1-3-7-13/h1-3,6-7,14,18H,4-5,8-12H2,(H,16,19). The van der Waals surface area contributed by atoms with Crippen molar-refractivity contribution in [1.29, 1.82) is 0 Å². The number of likely N-dealkylation sites (tertiary alicyclic amines) is 1. The van der Waals surface area contributed by atoms with Crippen LogP contribution in [0.3, 0.4) is 0 Å². The van der Waals surface area contributed by atoms with Crippen molar-refractivity contribution >= 4 is 6.03 Å². The van der Waals surface area contributed by atoms with Crippen LogP contribution >= 0.6 is 0 Å². The van der Waals surface area contributed by atoms with Crippen LogP contribution in [0.4, 0.5) is 4.79 Å². The molecule has 0 aliphatic carbocycles. The molecular formula is C15H22N2O2. The highest BCUT2D eigenvalue weighted by molar-refractivity contribution is 5.74. The molecule has 2 rings (SSSR count). The quantitative estimate of drug-likeness (QED) is 0.813. The number of hydrogen-bond donors (Lipinski definition) is 2. The predicted molar refractivity (Wildman–Crippen MR) is 75.0 cm³/mol. The second-order valence-corrected chi connectivity index (χ2v) is 5.06. The molecule has 2 amide bonds. The summed E-state index contributed by atoms with van der Waals surface area (Å²) >= 11 is 0. The van der Waals surface area contributed by atoms with Crippen molar-refractivity contribution in [1.82, 2.24) is 10.2 Å². The first-order chi connectivity index (χ1) is 9.25. The Hall–Kier alpha value is -1.55. The number of aliphatic hydroxyl groups is 1. The third kappa shape index (κ3) is 4.56. The number of nitrogens with one attached hydrogen (secondary N) is 1. The monoisotopic (exact) mass is 262 g/mol. The van der Waals surface area contributed by atoms with Gasteiger partial charge in [0.05, 0.1) is 6.10 Å². The van der Waals surface area contributed by atoms with E-state index in [4.69, 9.17) is 0 Å². The fourth-order valence-corrected chi connectivity index (χ4v) is 2.38. The smallest absolute Gasteiger partial charge is 0.317 e. The number of β-amino-alcohol motifs (C(OH)–C–C–N with tert-alkyl or cyclic N) is 1. The molecule has 1 aliphatic heterocycles. The normalized spacial score (nSPS) is 19.2. The van der Waals surface area contributed by atoms with Gasteiger partial charge in [0, 0.05) is 19.6 Å². The van der Waals surface area contributed by atoms with E-state index in [9.17, 15) is 9.90 Å². The molecule has 4 heteroatoms. The molecule has 0 spiro atoms. The fraction of sp³-hybridized carbons (Fsp3) is 0.533. The number of amides is 2. The van der Waals surface area contributed by atoms with Crippen molar-refractivity contribution in [2.75, 3.05) is 19.6 Å². The lowest BCUT2D eigenvalue weighted by atomic mass is 10.1. The molecule has 1 unspecified atom stereocenters. The van der Waals surface area contributed by atoms with Crippen molar-refractivity contribution in [3.05, 3.63) is 35.9 Å². The Bertz CT molecular complexity index is 394. The summed E-state index contributed by atoms with van der Waals surface area (Å²) < 4.78 is 0. The van der Waals surface area contributed by atoms with Crippen LogP contribution in [0.25, 0.3) is 0 Å².